The van der Waals surface area contributed by atoms with Crippen LogP contribution in [0.3, 0.4) is 0 Å². The number of ether oxygens (including phenoxy) is 1. The molecule has 0 saturated heterocycles. The molecule has 0 spiro atoms. The molecule has 0 bridgehead atoms. The van der Waals surface area contributed by atoms with Gasteiger partial charge in [-0.1, -0.05) is 18.2 Å². The maximum atomic E-state index is 12.5. The van der Waals surface area contributed by atoms with Crippen molar-refractivity contribution in [2.75, 3.05) is 12.4 Å². The number of aromatic nitrogens is 2. The Labute approximate surface area is 156 Å². The molecule has 2 amide bonds. The van der Waals surface area contributed by atoms with Crippen molar-refractivity contribution < 1.29 is 14.3 Å². The van der Waals surface area contributed by atoms with Crippen molar-refractivity contribution in [3.8, 4) is 5.75 Å². The molecule has 2 aromatic heterocycles. The van der Waals surface area contributed by atoms with E-state index in [-0.39, 0.29) is 17.3 Å². The van der Waals surface area contributed by atoms with Crippen LogP contribution in [0, 0.1) is 0 Å². The predicted molar refractivity (Wildman–Crippen MR) is 101 cm³/mol. The van der Waals surface area contributed by atoms with Crippen LogP contribution in [0.25, 0.3) is 0 Å². The van der Waals surface area contributed by atoms with Gasteiger partial charge in [0.2, 0.25) is 0 Å². The minimum Gasteiger partial charge on any atom is -0.495 e. The van der Waals surface area contributed by atoms with E-state index in [9.17, 15) is 9.59 Å². The lowest BCUT2D eigenvalue weighted by atomic mass is 10.2. The number of pyridine rings is 2. The summed E-state index contributed by atoms with van der Waals surface area (Å²) < 4.78 is 5.21. The van der Waals surface area contributed by atoms with Crippen LogP contribution in [0.15, 0.2) is 67.0 Å². The average molecular weight is 362 g/mol. The van der Waals surface area contributed by atoms with Crippen molar-refractivity contribution in [2.24, 2.45) is 0 Å². The Balaban J connectivity index is 1.69. The molecule has 1 aromatic carbocycles. The van der Waals surface area contributed by atoms with E-state index in [0.717, 1.165) is 5.56 Å². The van der Waals surface area contributed by atoms with Gasteiger partial charge in [0.1, 0.15) is 17.1 Å². The number of hydrogen-bond donors (Lipinski definition) is 2. The van der Waals surface area contributed by atoms with Crippen molar-refractivity contribution >= 4 is 17.5 Å². The van der Waals surface area contributed by atoms with Crippen LogP contribution in [-0.2, 0) is 6.54 Å². The molecule has 0 fully saturated rings. The molecule has 7 heteroatoms. The maximum Gasteiger partial charge on any atom is 0.274 e. The summed E-state index contributed by atoms with van der Waals surface area (Å²) >= 11 is 0. The fourth-order valence-corrected chi connectivity index (χ4v) is 2.40. The number of hydrogen-bond acceptors (Lipinski definition) is 5. The molecule has 0 aliphatic carbocycles. The second kappa shape index (κ2) is 8.57. The van der Waals surface area contributed by atoms with Gasteiger partial charge in [0.25, 0.3) is 11.8 Å². The van der Waals surface area contributed by atoms with Gasteiger partial charge in [-0.05, 0) is 42.0 Å². The van der Waals surface area contributed by atoms with Crippen molar-refractivity contribution in [2.45, 2.75) is 6.54 Å². The number of benzene rings is 1. The van der Waals surface area contributed by atoms with Crippen LogP contribution in [-0.4, -0.2) is 28.9 Å². The maximum absolute atomic E-state index is 12.5. The van der Waals surface area contributed by atoms with Crippen LogP contribution < -0.4 is 15.4 Å². The fourth-order valence-electron chi connectivity index (χ4n) is 2.40. The van der Waals surface area contributed by atoms with Gasteiger partial charge in [-0.15, -0.1) is 0 Å². The largest absolute Gasteiger partial charge is 0.495 e. The average Bonchev–Trinajstić information content (AvgIpc) is 2.73. The number of amides is 2. The monoisotopic (exact) mass is 362 g/mol. The summed E-state index contributed by atoms with van der Waals surface area (Å²) in [4.78, 5) is 32.9. The van der Waals surface area contributed by atoms with Gasteiger partial charge in [0, 0.05) is 18.9 Å². The molecule has 2 heterocycles. The third kappa shape index (κ3) is 4.66. The first-order valence-electron chi connectivity index (χ1n) is 8.26. The molecule has 0 aliphatic rings. The van der Waals surface area contributed by atoms with E-state index in [1.54, 1.807) is 54.9 Å². The summed E-state index contributed by atoms with van der Waals surface area (Å²) in [6, 6.07) is 15.4. The molecule has 3 aromatic rings. The van der Waals surface area contributed by atoms with E-state index in [0.29, 0.717) is 18.0 Å². The van der Waals surface area contributed by atoms with Crippen molar-refractivity contribution in [1.82, 2.24) is 15.3 Å². The molecular weight excluding hydrogens is 344 g/mol. The molecule has 0 radical (unpaired) electrons. The SMILES string of the molecule is COc1ccccc1NC(=O)c1cccc(C(=O)NCc2ccncc2)n1. The quantitative estimate of drug-likeness (QED) is 0.703. The summed E-state index contributed by atoms with van der Waals surface area (Å²) in [5.41, 5.74) is 1.75. The van der Waals surface area contributed by atoms with Crippen molar-refractivity contribution in [3.05, 3.63) is 83.9 Å². The van der Waals surface area contributed by atoms with Gasteiger partial charge in [0.15, 0.2) is 0 Å². The highest BCUT2D eigenvalue weighted by Crippen LogP contribution is 2.23. The highest BCUT2D eigenvalue weighted by molar-refractivity contribution is 6.04. The number of rotatable bonds is 6. The summed E-state index contributed by atoms with van der Waals surface area (Å²) in [6.45, 7) is 0.348. The second-order valence-corrected chi connectivity index (χ2v) is 5.60. The molecule has 2 N–H and O–H groups in total. The summed E-state index contributed by atoms with van der Waals surface area (Å²) in [5, 5.41) is 5.51. The van der Waals surface area contributed by atoms with Crippen LogP contribution in [0.4, 0.5) is 5.69 Å². The van der Waals surface area contributed by atoms with E-state index in [2.05, 4.69) is 20.6 Å². The molecule has 27 heavy (non-hydrogen) atoms. The van der Waals surface area contributed by atoms with Gasteiger partial charge in [0.05, 0.1) is 12.8 Å². The van der Waals surface area contributed by atoms with Gasteiger partial charge < -0.3 is 15.4 Å². The van der Waals surface area contributed by atoms with Crippen LogP contribution in [0.1, 0.15) is 26.5 Å². The molecule has 0 unspecified atom stereocenters. The van der Waals surface area contributed by atoms with E-state index in [1.807, 2.05) is 12.1 Å². The lowest BCUT2D eigenvalue weighted by molar-refractivity contribution is 0.0945. The lowest BCUT2D eigenvalue weighted by Gasteiger charge is -2.10. The summed E-state index contributed by atoms with van der Waals surface area (Å²) in [6.07, 6.45) is 3.31. The van der Waals surface area contributed by atoms with E-state index < -0.39 is 5.91 Å². The third-order valence-electron chi connectivity index (χ3n) is 3.77. The number of methoxy groups -OCH3 is 1. The van der Waals surface area contributed by atoms with Crippen molar-refractivity contribution in [3.63, 3.8) is 0 Å². The number of anilines is 1. The highest BCUT2D eigenvalue weighted by Gasteiger charge is 2.14. The lowest BCUT2D eigenvalue weighted by Crippen LogP contribution is -2.25. The zero-order valence-electron chi connectivity index (χ0n) is 14.7. The summed E-state index contributed by atoms with van der Waals surface area (Å²) in [7, 11) is 1.52. The molecule has 0 aliphatic heterocycles. The topological polar surface area (TPSA) is 93.2 Å². The van der Waals surface area contributed by atoms with Gasteiger partial charge in [-0.2, -0.15) is 0 Å². The normalized spacial score (nSPS) is 10.1. The summed E-state index contributed by atoms with van der Waals surface area (Å²) in [5.74, 6) is -0.251. The number of carbonyl (C=O) groups excluding carboxylic acids is 2. The Morgan fingerprint density at radius 2 is 1.63 bits per heavy atom. The predicted octanol–water partition coefficient (Wildman–Crippen LogP) is 2.67. The Hall–Kier alpha value is -3.74. The highest BCUT2D eigenvalue weighted by atomic mass is 16.5. The van der Waals surface area contributed by atoms with Crippen LogP contribution >= 0.6 is 0 Å². The van der Waals surface area contributed by atoms with Gasteiger partial charge >= 0.3 is 0 Å². The number of nitrogens with one attached hydrogen (secondary N) is 2. The van der Waals surface area contributed by atoms with Crippen LogP contribution in [0.5, 0.6) is 5.75 Å². The molecular formula is C20H18N4O3. The Kier molecular flexibility index (Phi) is 5.73. The van der Waals surface area contributed by atoms with Crippen molar-refractivity contribution in [1.29, 1.82) is 0 Å². The molecule has 0 atom stereocenters. The van der Waals surface area contributed by atoms with Gasteiger partial charge in [-0.25, -0.2) is 4.98 Å². The zero-order chi connectivity index (χ0) is 19.1. The second-order valence-electron chi connectivity index (χ2n) is 5.60. The van der Waals surface area contributed by atoms with E-state index in [1.165, 1.54) is 7.11 Å². The van der Waals surface area contributed by atoms with E-state index >= 15 is 0 Å². The standard InChI is InChI=1S/C20H18N4O3/c1-27-18-8-3-2-5-15(18)24-20(26)17-7-4-6-16(23-17)19(25)22-13-14-9-11-21-12-10-14/h2-12H,13H2,1H3,(H,22,25)(H,24,26). The fraction of sp³-hybridized carbons (Fsp3) is 0.100. The molecule has 7 nitrogen and oxygen atoms in total. The first kappa shape index (κ1) is 18.1. The smallest absolute Gasteiger partial charge is 0.274 e. The molecule has 3 rings (SSSR count). The minimum absolute atomic E-state index is 0.137. The first-order valence-corrected chi connectivity index (χ1v) is 8.26. The Morgan fingerprint density at radius 3 is 2.37 bits per heavy atom. The Bertz CT molecular complexity index is 945. The number of carbonyl (C=O) groups is 2. The minimum atomic E-state index is -0.428. The Morgan fingerprint density at radius 1 is 0.926 bits per heavy atom. The zero-order valence-corrected chi connectivity index (χ0v) is 14.7. The van der Waals surface area contributed by atoms with E-state index in [4.69, 9.17) is 4.74 Å². The third-order valence-corrected chi connectivity index (χ3v) is 3.77. The molecule has 0 saturated carbocycles. The molecule has 136 valence electrons. The number of nitrogens with zero attached hydrogens (tertiary/aromatic N) is 2. The van der Waals surface area contributed by atoms with Crippen LogP contribution in [0.2, 0.25) is 0 Å². The van der Waals surface area contributed by atoms with Gasteiger partial charge in [-0.3, -0.25) is 14.6 Å². The number of para-hydroxylation sites is 2. The first-order chi connectivity index (χ1) is 13.2.